The Morgan fingerprint density at radius 2 is 2.11 bits per heavy atom. The van der Waals surface area contributed by atoms with Gasteiger partial charge >= 0.3 is 6.18 Å². The van der Waals surface area contributed by atoms with Crippen molar-refractivity contribution >= 4 is 11.6 Å². The van der Waals surface area contributed by atoms with Gasteiger partial charge in [0.2, 0.25) is 0 Å². The molecule has 0 spiro atoms. The molecule has 1 aliphatic heterocycles. The molecule has 0 saturated heterocycles. The van der Waals surface area contributed by atoms with Crippen molar-refractivity contribution in [3.05, 3.63) is 29.3 Å². The predicted octanol–water partition coefficient (Wildman–Crippen LogP) is 4.14. The van der Waals surface area contributed by atoms with E-state index in [2.05, 4.69) is 5.10 Å². The minimum atomic E-state index is -5.01. The van der Waals surface area contributed by atoms with Crippen molar-refractivity contribution in [2.24, 2.45) is 11.0 Å². The number of alkyl halides is 3. The molecule has 2 atom stereocenters. The molecule has 1 aromatic rings. The van der Waals surface area contributed by atoms with Gasteiger partial charge in [-0.3, -0.25) is 4.79 Å². The molecule has 1 N–H and O–H groups in total. The third-order valence-electron chi connectivity index (χ3n) is 5.41. The van der Waals surface area contributed by atoms with Gasteiger partial charge in [-0.05, 0) is 49.3 Å². The van der Waals surface area contributed by atoms with E-state index < -0.39 is 30.3 Å². The summed E-state index contributed by atoms with van der Waals surface area (Å²) >= 11 is 0. The number of amides is 1. The molecule has 0 bridgehead atoms. The molecule has 1 saturated carbocycles. The van der Waals surface area contributed by atoms with E-state index in [1.54, 1.807) is 6.07 Å². The maximum absolute atomic E-state index is 13.8. The number of ether oxygens (including phenoxy) is 1. The molecule has 0 aromatic heterocycles. The first-order chi connectivity index (χ1) is 13.1. The van der Waals surface area contributed by atoms with Gasteiger partial charge in [0.1, 0.15) is 5.75 Å². The molecule has 1 aromatic carbocycles. The second-order valence-electron chi connectivity index (χ2n) is 7.80. The highest BCUT2D eigenvalue weighted by molar-refractivity contribution is 5.93. The molecular formula is C20H25F3N2O3. The highest BCUT2D eigenvalue weighted by Crippen LogP contribution is 2.48. The number of nitrogens with zero attached hydrogens (tertiary/aromatic N) is 2. The fourth-order valence-corrected chi connectivity index (χ4v) is 3.91. The van der Waals surface area contributed by atoms with Crippen LogP contribution in [0.25, 0.3) is 0 Å². The van der Waals surface area contributed by atoms with Crippen LogP contribution in [0.15, 0.2) is 23.3 Å². The van der Waals surface area contributed by atoms with Crippen molar-refractivity contribution < 1.29 is 27.8 Å². The second kappa shape index (κ2) is 7.39. The van der Waals surface area contributed by atoms with E-state index >= 15 is 0 Å². The van der Waals surface area contributed by atoms with E-state index in [-0.39, 0.29) is 23.1 Å². The fourth-order valence-electron chi connectivity index (χ4n) is 3.91. The van der Waals surface area contributed by atoms with Crippen LogP contribution in [0.1, 0.15) is 56.6 Å². The van der Waals surface area contributed by atoms with E-state index in [1.807, 2.05) is 32.9 Å². The number of benzene rings is 1. The molecule has 0 radical (unpaired) electrons. The Hall–Kier alpha value is -2.09. The van der Waals surface area contributed by atoms with E-state index in [0.717, 1.165) is 11.1 Å². The van der Waals surface area contributed by atoms with Gasteiger partial charge < -0.3 is 9.84 Å². The number of rotatable bonds is 4. The van der Waals surface area contributed by atoms with Crippen LogP contribution in [0.2, 0.25) is 0 Å². The van der Waals surface area contributed by atoms with Crippen molar-refractivity contribution in [3.8, 4) is 5.75 Å². The van der Waals surface area contributed by atoms with Gasteiger partial charge in [-0.25, -0.2) is 0 Å². The van der Waals surface area contributed by atoms with Gasteiger partial charge in [0.15, 0.2) is 6.61 Å². The van der Waals surface area contributed by atoms with Gasteiger partial charge in [-0.1, -0.05) is 32.4 Å². The van der Waals surface area contributed by atoms with Crippen LogP contribution in [0.4, 0.5) is 13.2 Å². The molecule has 28 heavy (non-hydrogen) atoms. The maximum Gasteiger partial charge on any atom is 0.439 e. The lowest BCUT2D eigenvalue weighted by molar-refractivity contribution is -0.317. The molecule has 154 valence electrons. The topological polar surface area (TPSA) is 62.1 Å². The Morgan fingerprint density at radius 3 is 2.75 bits per heavy atom. The molecule has 2 aliphatic rings. The lowest BCUT2D eigenvalue weighted by Crippen LogP contribution is -2.62. The molecular weight excluding hydrogens is 373 g/mol. The third kappa shape index (κ3) is 3.50. The molecule has 1 fully saturated rings. The number of hydrogen-bond donors (Lipinski definition) is 1. The van der Waals surface area contributed by atoms with Crippen LogP contribution in [0.3, 0.4) is 0 Å². The summed E-state index contributed by atoms with van der Waals surface area (Å²) in [7, 11) is 0. The first kappa shape index (κ1) is 20.6. The molecule has 3 rings (SSSR count). The minimum absolute atomic E-state index is 0.118. The summed E-state index contributed by atoms with van der Waals surface area (Å²) < 4.78 is 46.8. The summed E-state index contributed by atoms with van der Waals surface area (Å²) in [6, 6.07) is 5.52. The van der Waals surface area contributed by atoms with Gasteiger partial charge in [-0.15, -0.1) is 0 Å². The summed E-state index contributed by atoms with van der Waals surface area (Å²) in [6.45, 7) is 5.14. The Labute approximate surface area is 162 Å². The van der Waals surface area contributed by atoms with E-state index in [1.165, 1.54) is 0 Å². The number of hydrazone groups is 1. The maximum atomic E-state index is 13.8. The summed E-state index contributed by atoms with van der Waals surface area (Å²) in [5, 5.41) is 14.6. The number of carbonyl (C=O) groups is 1. The minimum Gasteiger partial charge on any atom is -0.483 e. The third-order valence-corrected chi connectivity index (χ3v) is 5.41. The van der Waals surface area contributed by atoms with Crippen molar-refractivity contribution in [3.63, 3.8) is 0 Å². The summed E-state index contributed by atoms with van der Waals surface area (Å²) in [5.74, 6) is -1.66. The van der Waals surface area contributed by atoms with E-state index in [9.17, 15) is 23.1 Å². The predicted molar refractivity (Wildman–Crippen MR) is 98.0 cm³/mol. The number of aryl methyl sites for hydroxylation is 1. The van der Waals surface area contributed by atoms with Crippen LogP contribution >= 0.6 is 0 Å². The monoisotopic (exact) mass is 398 g/mol. The number of hydrogen-bond acceptors (Lipinski definition) is 4. The van der Waals surface area contributed by atoms with Gasteiger partial charge in [0.05, 0.1) is 5.92 Å². The van der Waals surface area contributed by atoms with Crippen LogP contribution in [-0.4, -0.2) is 40.2 Å². The number of aliphatic hydroxyl groups is 1. The first-order valence-electron chi connectivity index (χ1n) is 9.48. The summed E-state index contributed by atoms with van der Waals surface area (Å²) in [4.78, 5) is 12.6. The Bertz CT molecular complexity index is 791. The van der Waals surface area contributed by atoms with Crippen LogP contribution in [0.5, 0.6) is 5.75 Å². The smallest absolute Gasteiger partial charge is 0.439 e. The quantitative estimate of drug-likeness (QED) is 0.829. The Balaban J connectivity index is 1.84. The van der Waals surface area contributed by atoms with Crippen molar-refractivity contribution in [2.45, 2.75) is 64.3 Å². The zero-order valence-electron chi connectivity index (χ0n) is 16.2. The Kier molecular flexibility index (Phi) is 5.44. The van der Waals surface area contributed by atoms with Crippen molar-refractivity contribution in [1.82, 2.24) is 5.01 Å². The average Bonchev–Trinajstić information content (AvgIpc) is 2.94. The normalized spacial score (nSPS) is 24.9. The molecule has 1 aliphatic carbocycles. The molecule has 1 amide bonds. The highest BCUT2D eigenvalue weighted by atomic mass is 19.4. The highest BCUT2D eigenvalue weighted by Gasteiger charge is 2.68. The molecule has 1 heterocycles. The van der Waals surface area contributed by atoms with Crippen LogP contribution in [-0.2, 0) is 4.79 Å². The molecule has 5 nitrogen and oxygen atoms in total. The van der Waals surface area contributed by atoms with Gasteiger partial charge in [0.25, 0.3) is 11.6 Å². The van der Waals surface area contributed by atoms with Gasteiger partial charge in [0, 0.05) is 5.71 Å². The Morgan fingerprint density at radius 1 is 1.39 bits per heavy atom. The van der Waals surface area contributed by atoms with E-state index in [4.69, 9.17) is 4.74 Å². The zero-order valence-corrected chi connectivity index (χ0v) is 16.2. The molecule has 8 heteroatoms. The largest absolute Gasteiger partial charge is 0.483 e. The van der Waals surface area contributed by atoms with Crippen LogP contribution < -0.4 is 4.74 Å². The number of halogens is 3. The van der Waals surface area contributed by atoms with E-state index in [0.29, 0.717) is 25.0 Å². The zero-order chi connectivity index (χ0) is 20.7. The number of carbonyl (C=O) groups excluding carboxylic acids is 1. The summed E-state index contributed by atoms with van der Waals surface area (Å²) in [6.07, 6.45) is -3.26. The summed E-state index contributed by atoms with van der Waals surface area (Å²) in [5.41, 5.74) is -1.31. The fraction of sp³-hybridized carbons (Fsp3) is 0.600. The SMILES string of the molecule is Cc1ccc(C(C)C)c(OCC(=O)N2N=C3CCCC[C@H]3[C@@]2(O)C(F)(F)F)c1. The first-order valence-corrected chi connectivity index (χ1v) is 9.48. The average molecular weight is 398 g/mol. The standard InChI is InChI=1S/C20H25F3N2O3/c1-12(2)14-9-8-13(3)10-17(14)28-11-18(26)25-19(27,20(21,22)23)15-6-4-5-7-16(15)24-25/h8-10,12,15,27H,4-7,11H2,1-3H3/t15-,19-/m1/s1. The van der Waals surface area contributed by atoms with Crippen molar-refractivity contribution in [1.29, 1.82) is 0 Å². The second-order valence-corrected chi connectivity index (χ2v) is 7.80. The molecule has 0 unspecified atom stereocenters. The van der Waals surface area contributed by atoms with Crippen molar-refractivity contribution in [2.75, 3.05) is 6.61 Å². The van der Waals surface area contributed by atoms with Gasteiger partial charge in [-0.2, -0.15) is 23.3 Å². The van der Waals surface area contributed by atoms with Crippen LogP contribution in [0, 0.1) is 12.8 Å². The number of fused-ring (bicyclic) bond motifs is 1. The lowest BCUT2D eigenvalue weighted by atomic mass is 9.80. The lowest BCUT2D eigenvalue weighted by Gasteiger charge is -2.38.